The Kier molecular flexibility index (Phi) is 4.86. The lowest BCUT2D eigenvalue weighted by molar-refractivity contribution is -0.412. The van der Waals surface area contributed by atoms with Gasteiger partial charge in [-0.15, -0.1) is 0 Å². The van der Waals surface area contributed by atoms with Crippen LogP contribution in [0.3, 0.4) is 0 Å². The number of allylic oxidation sites excluding steroid dienone is 1. The quantitative estimate of drug-likeness (QED) is 0.634. The van der Waals surface area contributed by atoms with E-state index in [4.69, 9.17) is 11.0 Å². The van der Waals surface area contributed by atoms with Gasteiger partial charge in [0, 0.05) is 30.4 Å². The van der Waals surface area contributed by atoms with Crippen LogP contribution in [0, 0.1) is 23.2 Å². The molecule has 112 valence electrons. The van der Waals surface area contributed by atoms with Crippen LogP contribution in [0.5, 0.6) is 0 Å². The van der Waals surface area contributed by atoms with Gasteiger partial charge in [-0.2, -0.15) is 5.26 Å². The number of nitrogens with one attached hydrogen (secondary N) is 1. The fraction of sp³-hybridized carbons (Fsp3) is 0.333. The molecule has 1 unspecified atom stereocenters. The van der Waals surface area contributed by atoms with Gasteiger partial charge in [0.1, 0.15) is 7.05 Å². The number of nitriles is 1. The van der Waals surface area contributed by atoms with Crippen molar-refractivity contribution in [3.05, 3.63) is 35.5 Å². The molecular weight excluding hydrogens is 272 g/mol. The van der Waals surface area contributed by atoms with E-state index in [9.17, 15) is 0 Å². The zero-order valence-electron chi connectivity index (χ0n) is 13.2. The smallest absolute Gasteiger partial charge is 0.170 e. The highest BCUT2D eigenvalue weighted by Crippen LogP contribution is 2.38. The molecule has 4 nitrogen and oxygen atoms in total. The summed E-state index contributed by atoms with van der Waals surface area (Å²) in [6.45, 7) is 5.15. The first-order valence-corrected chi connectivity index (χ1v) is 7.35. The van der Waals surface area contributed by atoms with Crippen molar-refractivity contribution in [2.24, 2.45) is 5.73 Å². The first kappa shape index (κ1) is 15.7. The summed E-state index contributed by atoms with van der Waals surface area (Å²) in [6.07, 6.45) is 3.45. The molecule has 0 saturated carbocycles. The molecule has 1 heterocycles. The summed E-state index contributed by atoms with van der Waals surface area (Å²) in [5.74, 6) is 5.67. The molecule has 0 fully saturated rings. The normalized spacial score (nSPS) is 17.3. The number of anilines is 1. The first-order chi connectivity index (χ1) is 10.6. The molecule has 0 saturated heterocycles. The summed E-state index contributed by atoms with van der Waals surface area (Å²) < 4.78 is 0. The number of nitrogens with two attached hydrogens (primary N) is 1. The van der Waals surface area contributed by atoms with Gasteiger partial charge in [-0.05, 0) is 37.1 Å². The van der Waals surface area contributed by atoms with E-state index >= 15 is 0 Å². The van der Waals surface area contributed by atoms with E-state index in [0.29, 0.717) is 6.04 Å². The molecule has 1 aliphatic heterocycles. The number of fused-ring (bicyclic) bond motifs is 1. The zero-order chi connectivity index (χ0) is 16.1. The van der Waals surface area contributed by atoms with Crippen molar-refractivity contribution in [2.45, 2.75) is 25.8 Å². The van der Waals surface area contributed by atoms with Crippen LogP contribution >= 0.6 is 0 Å². The minimum atomic E-state index is 0.0608. The SMILES string of the molecule is C[NH+]=CC(=CN)c1ccc2c(c1)C(C#CC#N)CN2C(C)C. The fourth-order valence-electron chi connectivity index (χ4n) is 2.78. The molecule has 0 radical (unpaired) electrons. The molecule has 0 spiro atoms. The summed E-state index contributed by atoms with van der Waals surface area (Å²) in [4.78, 5) is 5.33. The predicted molar refractivity (Wildman–Crippen MR) is 90.2 cm³/mol. The number of hydrogen-bond acceptors (Lipinski definition) is 3. The molecule has 4 heteroatoms. The zero-order valence-corrected chi connectivity index (χ0v) is 13.2. The summed E-state index contributed by atoms with van der Waals surface area (Å²) >= 11 is 0. The van der Waals surface area contributed by atoms with Crippen LogP contribution in [-0.4, -0.2) is 25.8 Å². The van der Waals surface area contributed by atoms with Gasteiger partial charge in [-0.25, -0.2) is 0 Å². The van der Waals surface area contributed by atoms with Crippen molar-refractivity contribution in [1.29, 1.82) is 5.26 Å². The lowest BCUT2D eigenvalue weighted by Gasteiger charge is -2.24. The Bertz CT molecular complexity index is 711. The number of hydrogen-bond donors (Lipinski definition) is 2. The highest BCUT2D eigenvalue weighted by molar-refractivity contribution is 6.07. The van der Waals surface area contributed by atoms with Gasteiger partial charge in [-0.1, -0.05) is 12.0 Å². The Labute approximate surface area is 132 Å². The second-order valence-corrected chi connectivity index (χ2v) is 5.51. The van der Waals surface area contributed by atoms with Crippen molar-refractivity contribution in [2.75, 3.05) is 18.5 Å². The monoisotopic (exact) mass is 293 g/mol. The third kappa shape index (κ3) is 2.97. The summed E-state index contributed by atoms with van der Waals surface area (Å²) in [5.41, 5.74) is 10.0. The van der Waals surface area contributed by atoms with E-state index in [1.807, 2.05) is 19.3 Å². The van der Waals surface area contributed by atoms with Gasteiger partial charge in [0.2, 0.25) is 0 Å². The molecule has 1 atom stereocenters. The maximum atomic E-state index is 8.72. The topological polar surface area (TPSA) is 67.0 Å². The van der Waals surface area contributed by atoms with Gasteiger partial charge in [-0.3, -0.25) is 4.99 Å². The lowest BCUT2D eigenvalue weighted by atomic mass is 9.97. The lowest BCUT2D eigenvalue weighted by Crippen LogP contribution is -2.63. The summed E-state index contributed by atoms with van der Waals surface area (Å²) in [6, 6.07) is 8.62. The summed E-state index contributed by atoms with van der Waals surface area (Å²) in [7, 11) is 1.85. The molecule has 3 N–H and O–H groups in total. The van der Waals surface area contributed by atoms with Crippen molar-refractivity contribution >= 4 is 17.5 Å². The third-order valence-corrected chi connectivity index (χ3v) is 3.83. The number of nitrogens with zero attached hydrogens (tertiary/aromatic N) is 2. The van der Waals surface area contributed by atoms with Crippen molar-refractivity contribution in [1.82, 2.24) is 0 Å². The van der Waals surface area contributed by atoms with Crippen LogP contribution in [0.25, 0.3) is 5.57 Å². The van der Waals surface area contributed by atoms with Gasteiger partial charge >= 0.3 is 0 Å². The van der Waals surface area contributed by atoms with Gasteiger partial charge in [0.15, 0.2) is 12.3 Å². The Balaban J connectivity index is 2.51. The van der Waals surface area contributed by atoms with Crippen molar-refractivity contribution in [3.8, 4) is 17.9 Å². The van der Waals surface area contributed by atoms with Crippen LogP contribution in [0.4, 0.5) is 5.69 Å². The molecule has 0 aromatic heterocycles. The minimum absolute atomic E-state index is 0.0608. The van der Waals surface area contributed by atoms with E-state index in [1.165, 1.54) is 5.69 Å². The predicted octanol–water partition coefficient (Wildman–Crippen LogP) is 0.606. The van der Waals surface area contributed by atoms with E-state index in [1.54, 1.807) is 6.20 Å². The molecule has 2 rings (SSSR count). The van der Waals surface area contributed by atoms with E-state index in [-0.39, 0.29) is 5.92 Å². The Morgan fingerprint density at radius 2 is 2.27 bits per heavy atom. The third-order valence-electron chi connectivity index (χ3n) is 3.83. The Morgan fingerprint density at radius 3 is 2.86 bits per heavy atom. The largest absolute Gasteiger partial charge is 0.404 e. The highest BCUT2D eigenvalue weighted by Gasteiger charge is 2.29. The van der Waals surface area contributed by atoms with E-state index < -0.39 is 0 Å². The molecule has 1 aliphatic rings. The second kappa shape index (κ2) is 6.83. The maximum Gasteiger partial charge on any atom is 0.170 e. The maximum absolute atomic E-state index is 8.72. The minimum Gasteiger partial charge on any atom is -0.404 e. The average Bonchev–Trinajstić information content (AvgIpc) is 2.88. The van der Waals surface area contributed by atoms with Gasteiger partial charge < -0.3 is 10.6 Å². The van der Waals surface area contributed by atoms with E-state index in [0.717, 1.165) is 23.2 Å². The Hall–Kier alpha value is -2.72. The highest BCUT2D eigenvalue weighted by atomic mass is 15.2. The molecule has 0 amide bonds. The van der Waals surface area contributed by atoms with Crippen LogP contribution in [0.1, 0.15) is 30.9 Å². The van der Waals surface area contributed by atoms with Crippen LogP contribution in [-0.2, 0) is 0 Å². The first-order valence-electron chi connectivity index (χ1n) is 7.35. The van der Waals surface area contributed by atoms with Crippen LogP contribution < -0.4 is 15.6 Å². The van der Waals surface area contributed by atoms with Crippen LogP contribution in [0.15, 0.2) is 24.4 Å². The summed E-state index contributed by atoms with van der Waals surface area (Å²) in [5, 5.41) is 8.72. The fourth-order valence-corrected chi connectivity index (χ4v) is 2.78. The van der Waals surface area contributed by atoms with Gasteiger partial charge in [0.05, 0.1) is 11.5 Å². The number of rotatable bonds is 3. The van der Waals surface area contributed by atoms with Crippen LogP contribution in [0.2, 0.25) is 0 Å². The second-order valence-electron chi connectivity index (χ2n) is 5.51. The average molecular weight is 293 g/mol. The van der Waals surface area contributed by atoms with E-state index in [2.05, 4.69) is 53.8 Å². The van der Waals surface area contributed by atoms with Crippen molar-refractivity contribution < 1.29 is 4.99 Å². The van der Waals surface area contributed by atoms with Crippen molar-refractivity contribution in [3.63, 3.8) is 0 Å². The molecule has 1 aromatic carbocycles. The molecule has 1 aromatic rings. The molecule has 0 bridgehead atoms. The molecule has 0 aliphatic carbocycles. The molecule has 22 heavy (non-hydrogen) atoms. The van der Waals surface area contributed by atoms with Gasteiger partial charge in [0.25, 0.3) is 0 Å². The number of benzene rings is 1. The Morgan fingerprint density at radius 1 is 1.50 bits per heavy atom. The molecular formula is C18H21N4+. The standard InChI is InChI=1S/C18H20N4/c1-13(2)22-12-15(5-4-8-19)17-9-14(6-7-18(17)22)16(10-20)11-21-3/h6-7,9-11,13,15H,12,20H2,1-3H3/p+1.